The summed E-state index contributed by atoms with van der Waals surface area (Å²) in [5, 5.41) is 9.34. The number of fused-ring (bicyclic) bond motifs is 1. The van der Waals surface area contributed by atoms with Gasteiger partial charge >= 0.3 is 5.97 Å². The van der Waals surface area contributed by atoms with Gasteiger partial charge in [0.15, 0.2) is 0 Å². The molecular weight excluding hydrogens is 264 g/mol. The van der Waals surface area contributed by atoms with E-state index in [1.54, 1.807) is 6.07 Å². The molecule has 0 unspecified atom stereocenters. The maximum absolute atomic E-state index is 11.4. The summed E-state index contributed by atoms with van der Waals surface area (Å²) in [4.78, 5) is 16.0. The van der Waals surface area contributed by atoms with E-state index in [2.05, 4.69) is 30.3 Å². The van der Waals surface area contributed by atoms with Gasteiger partial charge in [0.25, 0.3) is 0 Å². The lowest BCUT2D eigenvalue weighted by Crippen LogP contribution is -2.19. The fourth-order valence-corrected chi connectivity index (χ4v) is 3.21. The van der Waals surface area contributed by atoms with Crippen LogP contribution in [0.1, 0.15) is 49.8 Å². The van der Waals surface area contributed by atoms with Crippen LogP contribution in [0.3, 0.4) is 0 Å². The van der Waals surface area contributed by atoms with E-state index in [1.807, 2.05) is 12.1 Å². The second-order valence-electron chi connectivity index (χ2n) is 6.46. The molecule has 0 atom stereocenters. The van der Waals surface area contributed by atoms with E-state index in [1.165, 1.54) is 12.8 Å². The topological polar surface area (TPSA) is 55.1 Å². The zero-order chi connectivity index (χ0) is 15.2. The molecule has 1 heterocycles. The summed E-state index contributed by atoms with van der Waals surface area (Å²) in [6.07, 6.45) is 3.33. The molecule has 112 valence electrons. The molecule has 1 saturated carbocycles. The van der Waals surface area contributed by atoms with E-state index in [9.17, 15) is 9.90 Å². The van der Waals surface area contributed by atoms with Gasteiger partial charge in [-0.3, -0.25) is 0 Å². The van der Waals surface area contributed by atoms with Crippen molar-refractivity contribution in [1.29, 1.82) is 0 Å². The number of hydrogen-bond acceptors (Lipinski definition) is 2. The third kappa shape index (κ3) is 2.23. The van der Waals surface area contributed by atoms with Crippen molar-refractivity contribution in [3.63, 3.8) is 0 Å². The predicted molar refractivity (Wildman–Crippen MR) is 82.6 cm³/mol. The molecule has 0 aliphatic heterocycles. The molecule has 1 fully saturated rings. The van der Waals surface area contributed by atoms with Crippen molar-refractivity contribution in [3.8, 4) is 0 Å². The fraction of sp³-hybridized carbons (Fsp3) is 0.529. The van der Waals surface area contributed by atoms with Crippen molar-refractivity contribution in [2.45, 2.75) is 46.6 Å². The van der Waals surface area contributed by atoms with E-state index < -0.39 is 5.97 Å². The average molecular weight is 286 g/mol. The minimum Gasteiger partial charge on any atom is -0.478 e. The van der Waals surface area contributed by atoms with E-state index >= 15 is 0 Å². The van der Waals surface area contributed by atoms with Gasteiger partial charge in [0.1, 0.15) is 11.3 Å². The van der Waals surface area contributed by atoms with Crippen LogP contribution in [0.25, 0.3) is 11.0 Å². The van der Waals surface area contributed by atoms with Crippen LogP contribution in [0.5, 0.6) is 0 Å². The van der Waals surface area contributed by atoms with Gasteiger partial charge in [-0.2, -0.15) is 0 Å². The molecule has 1 aliphatic rings. The summed E-state index contributed by atoms with van der Waals surface area (Å²) in [6.45, 7) is 7.58. The Balaban J connectivity index is 2.13. The number of carboxylic acid groups (broad SMARTS) is 1. The highest BCUT2D eigenvalue weighted by atomic mass is 16.4. The standard InChI is InChI=1S/C17H22N2O2/c1-4-14-18-15-12(16(20)21)6-5-7-13(15)19(14)10-17(8-9-17)11(2)3/h5-7,11H,4,8-10H2,1-3H3,(H,20,21). The van der Waals surface area contributed by atoms with E-state index in [0.29, 0.717) is 22.4 Å². The van der Waals surface area contributed by atoms with Gasteiger partial charge in [0.05, 0.1) is 11.1 Å². The fourth-order valence-electron chi connectivity index (χ4n) is 3.21. The predicted octanol–water partition coefficient (Wildman–Crippen LogP) is 3.73. The first-order valence-electron chi connectivity index (χ1n) is 7.70. The van der Waals surface area contributed by atoms with Crippen molar-refractivity contribution in [3.05, 3.63) is 29.6 Å². The zero-order valence-electron chi connectivity index (χ0n) is 12.9. The molecule has 3 rings (SSSR count). The van der Waals surface area contributed by atoms with Gasteiger partial charge in [-0.05, 0) is 36.3 Å². The summed E-state index contributed by atoms with van der Waals surface area (Å²) in [6, 6.07) is 5.44. The third-order valence-electron chi connectivity index (χ3n) is 4.99. The summed E-state index contributed by atoms with van der Waals surface area (Å²) in [7, 11) is 0. The highest BCUT2D eigenvalue weighted by Crippen LogP contribution is 2.53. The number of carbonyl (C=O) groups is 1. The van der Waals surface area contributed by atoms with E-state index in [0.717, 1.165) is 24.3 Å². The Hall–Kier alpha value is -1.84. The van der Waals surface area contributed by atoms with Crippen molar-refractivity contribution in [1.82, 2.24) is 9.55 Å². The summed E-state index contributed by atoms with van der Waals surface area (Å²) < 4.78 is 2.24. The first-order valence-corrected chi connectivity index (χ1v) is 7.70. The number of benzene rings is 1. The van der Waals surface area contributed by atoms with Gasteiger partial charge in [-0.25, -0.2) is 9.78 Å². The molecule has 4 heteroatoms. The second-order valence-corrected chi connectivity index (χ2v) is 6.46. The minimum atomic E-state index is -0.905. The average Bonchev–Trinajstić information content (AvgIpc) is 3.15. The van der Waals surface area contributed by atoms with Crippen molar-refractivity contribution in [2.75, 3.05) is 0 Å². The Morgan fingerprint density at radius 2 is 2.14 bits per heavy atom. The lowest BCUT2D eigenvalue weighted by atomic mass is 9.92. The molecule has 0 saturated heterocycles. The molecule has 0 radical (unpaired) electrons. The van der Waals surface area contributed by atoms with Crippen LogP contribution in [0, 0.1) is 11.3 Å². The first-order chi connectivity index (χ1) is 9.98. The van der Waals surface area contributed by atoms with Crippen LogP contribution in [-0.4, -0.2) is 20.6 Å². The molecule has 4 nitrogen and oxygen atoms in total. The largest absolute Gasteiger partial charge is 0.478 e. The number of nitrogens with zero attached hydrogens (tertiary/aromatic N) is 2. The SMILES string of the molecule is CCc1nc2c(C(=O)O)cccc2n1CC1(C(C)C)CC1. The van der Waals surface area contributed by atoms with Crippen molar-refractivity contribution < 1.29 is 9.90 Å². The van der Waals surface area contributed by atoms with Crippen LogP contribution in [0.2, 0.25) is 0 Å². The summed E-state index contributed by atoms with van der Waals surface area (Å²) in [5.41, 5.74) is 2.26. The minimum absolute atomic E-state index is 0.301. The van der Waals surface area contributed by atoms with Crippen LogP contribution in [0.4, 0.5) is 0 Å². The molecule has 1 N–H and O–H groups in total. The molecular formula is C17H22N2O2. The van der Waals surface area contributed by atoms with Gasteiger partial charge in [-0.15, -0.1) is 0 Å². The van der Waals surface area contributed by atoms with Gasteiger partial charge in [0.2, 0.25) is 0 Å². The Morgan fingerprint density at radius 3 is 2.67 bits per heavy atom. The molecule has 0 amide bonds. The van der Waals surface area contributed by atoms with Gasteiger partial charge < -0.3 is 9.67 Å². The number of carboxylic acids is 1. The maximum Gasteiger partial charge on any atom is 0.337 e. The Bertz CT molecular complexity index is 696. The lowest BCUT2D eigenvalue weighted by molar-refractivity contribution is 0.0699. The normalized spacial score (nSPS) is 16.6. The van der Waals surface area contributed by atoms with Crippen LogP contribution < -0.4 is 0 Å². The third-order valence-corrected chi connectivity index (χ3v) is 4.99. The molecule has 0 bridgehead atoms. The molecule has 1 aromatic heterocycles. The second kappa shape index (κ2) is 4.86. The Morgan fingerprint density at radius 1 is 1.43 bits per heavy atom. The molecule has 21 heavy (non-hydrogen) atoms. The number of rotatable bonds is 5. The zero-order valence-corrected chi connectivity index (χ0v) is 12.9. The Labute approximate surface area is 124 Å². The molecule has 0 spiro atoms. The smallest absolute Gasteiger partial charge is 0.337 e. The summed E-state index contributed by atoms with van der Waals surface area (Å²) in [5.74, 6) is 0.728. The molecule has 1 aliphatic carbocycles. The van der Waals surface area contributed by atoms with Crippen molar-refractivity contribution in [2.24, 2.45) is 11.3 Å². The quantitative estimate of drug-likeness (QED) is 0.911. The maximum atomic E-state index is 11.4. The molecule has 2 aromatic rings. The Kier molecular flexibility index (Phi) is 3.27. The number of aryl methyl sites for hydroxylation is 1. The van der Waals surface area contributed by atoms with E-state index in [4.69, 9.17) is 0 Å². The van der Waals surface area contributed by atoms with Gasteiger partial charge in [-0.1, -0.05) is 26.8 Å². The number of aromatic carboxylic acids is 1. The highest BCUT2D eigenvalue weighted by Gasteiger charge is 2.46. The van der Waals surface area contributed by atoms with E-state index in [-0.39, 0.29) is 0 Å². The van der Waals surface area contributed by atoms with Crippen LogP contribution >= 0.6 is 0 Å². The van der Waals surface area contributed by atoms with Gasteiger partial charge in [0, 0.05) is 13.0 Å². The monoisotopic (exact) mass is 286 g/mol. The lowest BCUT2D eigenvalue weighted by Gasteiger charge is -2.22. The number of para-hydroxylation sites is 1. The number of hydrogen-bond donors (Lipinski definition) is 1. The molecule has 1 aromatic carbocycles. The van der Waals surface area contributed by atoms with Crippen molar-refractivity contribution >= 4 is 17.0 Å². The van der Waals surface area contributed by atoms with Crippen LogP contribution in [-0.2, 0) is 13.0 Å². The first kappa shape index (κ1) is 14.1. The number of aromatic nitrogens is 2. The van der Waals surface area contributed by atoms with Crippen LogP contribution in [0.15, 0.2) is 18.2 Å². The highest BCUT2D eigenvalue weighted by molar-refractivity contribution is 6.01. The summed E-state index contributed by atoms with van der Waals surface area (Å²) >= 11 is 0. The number of imidazole rings is 1.